The van der Waals surface area contributed by atoms with Gasteiger partial charge in [-0.1, -0.05) is 65.6 Å². The molecule has 0 radical (unpaired) electrons. The SMILES string of the molecule is CSc1nnc(NC(=O)c2ccc(-c3ccccc3)cc2)s1. The fourth-order valence-electron chi connectivity index (χ4n) is 1.96. The van der Waals surface area contributed by atoms with Crippen molar-refractivity contribution < 1.29 is 4.79 Å². The van der Waals surface area contributed by atoms with Crippen molar-refractivity contribution in [2.75, 3.05) is 11.6 Å². The lowest BCUT2D eigenvalue weighted by Gasteiger charge is -2.04. The van der Waals surface area contributed by atoms with Gasteiger partial charge in [0.2, 0.25) is 5.13 Å². The molecule has 0 aliphatic carbocycles. The van der Waals surface area contributed by atoms with Crippen LogP contribution in [0.2, 0.25) is 0 Å². The summed E-state index contributed by atoms with van der Waals surface area (Å²) in [6.45, 7) is 0. The first-order valence-corrected chi connectivity index (χ1v) is 8.65. The highest BCUT2D eigenvalue weighted by Crippen LogP contribution is 2.24. The van der Waals surface area contributed by atoms with Crippen LogP contribution in [-0.4, -0.2) is 22.4 Å². The number of benzene rings is 2. The summed E-state index contributed by atoms with van der Waals surface area (Å²) in [5.74, 6) is -0.177. The summed E-state index contributed by atoms with van der Waals surface area (Å²) in [5, 5.41) is 11.2. The van der Waals surface area contributed by atoms with Gasteiger partial charge in [-0.05, 0) is 29.5 Å². The van der Waals surface area contributed by atoms with Crippen molar-refractivity contribution >= 4 is 34.1 Å². The molecule has 2 aromatic carbocycles. The number of aromatic nitrogens is 2. The molecule has 0 aliphatic rings. The molecule has 1 aromatic heterocycles. The third-order valence-electron chi connectivity index (χ3n) is 3.06. The minimum atomic E-state index is -0.177. The number of carbonyl (C=O) groups is 1. The molecule has 0 aliphatic heterocycles. The molecule has 22 heavy (non-hydrogen) atoms. The molecule has 1 N–H and O–H groups in total. The number of nitrogens with zero attached hydrogens (tertiary/aromatic N) is 2. The highest BCUT2D eigenvalue weighted by atomic mass is 32.2. The van der Waals surface area contributed by atoms with Gasteiger partial charge in [-0.15, -0.1) is 10.2 Å². The Morgan fingerprint density at radius 3 is 2.32 bits per heavy atom. The first kappa shape index (κ1) is 14.7. The van der Waals surface area contributed by atoms with Crippen LogP contribution in [0.25, 0.3) is 11.1 Å². The molecule has 0 bridgehead atoms. The lowest BCUT2D eigenvalue weighted by Crippen LogP contribution is -2.11. The zero-order valence-electron chi connectivity index (χ0n) is 11.8. The third-order valence-corrected chi connectivity index (χ3v) is 4.87. The lowest BCUT2D eigenvalue weighted by molar-refractivity contribution is 0.102. The molecule has 1 heterocycles. The van der Waals surface area contributed by atoms with E-state index < -0.39 is 0 Å². The van der Waals surface area contributed by atoms with Gasteiger partial charge >= 0.3 is 0 Å². The van der Waals surface area contributed by atoms with Crippen molar-refractivity contribution in [2.45, 2.75) is 4.34 Å². The van der Waals surface area contributed by atoms with Gasteiger partial charge in [-0.3, -0.25) is 10.1 Å². The molecule has 0 fully saturated rings. The quantitative estimate of drug-likeness (QED) is 0.577. The molecule has 4 nitrogen and oxygen atoms in total. The molecule has 6 heteroatoms. The van der Waals surface area contributed by atoms with Crippen LogP contribution in [0, 0.1) is 0 Å². The van der Waals surface area contributed by atoms with Gasteiger partial charge in [0, 0.05) is 5.56 Å². The van der Waals surface area contributed by atoms with Gasteiger partial charge in [0.15, 0.2) is 4.34 Å². The van der Waals surface area contributed by atoms with E-state index in [-0.39, 0.29) is 5.91 Å². The molecule has 110 valence electrons. The molecule has 0 spiro atoms. The van der Waals surface area contributed by atoms with Crippen LogP contribution in [-0.2, 0) is 0 Å². The average Bonchev–Trinajstić information content (AvgIpc) is 3.03. The van der Waals surface area contributed by atoms with Crippen LogP contribution in [0.15, 0.2) is 58.9 Å². The van der Waals surface area contributed by atoms with Crippen molar-refractivity contribution in [3.05, 3.63) is 60.2 Å². The number of rotatable bonds is 4. The van der Waals surface area contributed by atoms with Crippen LogP contribution in [0.4, 0.5) is 5.13 Å². The number of thioether (sulfide) groups is 1. The van der Waals surface area contributed by atoms with E-state index in [4.69, 9.17) is 0 Å². The number of hydrogen-bond acceptors (Lipinski definition) is 5. The molecule has 0 saturated heterocycles. The first-order chi connectivity index (χ1) is 10.8. The number of hydrogen-bond donors (Lipinski definition) is 1. The fraction of sp³-hybridized carbons (Fsp3) is 0.0625. The Balaban J connectivity index is 1.73. The van der Waals surface area contributed by atoms with Crippen LogP contribution < -0.4 is 5.32 Å². The summed E-state index contributed by atoms with van der Waals surface area (Å²) >= 11 is 2.87. The smallest absolute Gasteiger partial charge is 0.257 e. The van der Waals surface area contributed by atoms with E-state index in [9.17, 15) is 4.79 Å². The van der Waals surface area contributed by atoms with Crippen LogP contribution >= 0.6 is 23.1 Å². The highest BCUT2D eigenvalue weighted by Gasteiger charge is 2.10. The van der Waals surface area contributed by atoms with E-state index in [1.165, 1.54) is 23.1 Å². The summed E-state index contributed by atoms with van der Waals surface area (Å²) < 4.78 is 0.828. The van der Waals surface area contributed by atoms with E-state index >= 15 is 0 Å². The minimum Gasteiger partial charge on any atom is -0.296 e. The Morgan fingerprint density at radius 1 is 1.00 bits per heavy atom. The van der Waals surface area contributed by atoms with E-state index in [1.54, 1.807) is 0 Å². The molecule has 0 unspecified atom stereocenters. The fourth-order valence-corrected chi connectivity index (χ4v) is 3.12. The average molecular weight is 327 g/mol. The topological polar surface area (TPSA) is 54.9 Å². The monoisotopic (exact) mass is 327 g/mol. The minimum absolute atomic E-state index is 0.177. The summed E-state index contributed by atoms with van der Waals surface area (Å²) in [6.07, 6.45) is 1.93. The second-order valence-corrected chi connectivity index (χ2v) is 6.51. The predicted molar refractivity (Wildman–Crippen MR) is 91.5 cm³/mol. The molecule has 3 rings (SSSR count). The first-order valence-electron chi connectivity index (χ1n) is 6.60. The van der Waals surface area contributed by atoms with Crippen molar-refractivity contribution in [1.82, 2.24) is 10.2 Å². The molecule has 1 amide bonds. The Bertz CT molecular complexity index is 770. The van der Waals surface area contributed by atoms with E-state index in [0.717, 1.165) is 15.5 Å². The van der Waals surface area contributed by atoms with Crippen LogP contribution in [0.1, 0.15) is 10.4 Å². The van der Waals surface area contributed by atoms with E-state index in [2.05, 4.69) is 15.5 Å². The predicted octanol–water partition coefficient (Wildman–Crippen LogP) is 4.18. The zero-order chi connectivity index (χ0) is 15.4. The van der Waals surface area contributed by atoms with Gasteiger partial charge in [0.25, 0.3) is 5.91 Å². The van der Waals surface area contributed by atoms with Crippen LogP contribution in [0.3, 0.4) is 0 Å². The number of nitrogens with one attached hydrogen (secondary N) is 1. The summed E-state index contributed by atoms with van der Waals surface area (Å²) in [7, 11) is 0. The molecular formula is C16H13N3OS2. The van der Waals surface area contributed by atoms with E-state index in [0.29, 0.717) is 10.7 Å². The maximum absolute atomic E-state index is 12.2. The van der Waals surface area contributed by atoms with Crippen molar-refractivity contribution in [2.24, 2.45) is 0 Å². The number of carbonyl (C=O) groups excluding carboxylic acids is 1. The van der Waals surface area contributed by atoms with E-state index in [1.807, 2.05) is 60.9 Å². The Kier molecular flexibility index (Phi) is 4.50. The normalized spacial score (nSPS) is 10.4. The molecule has 3 aromatic rings. The largest absolute Gasteiger partial charge is 0.296 e. The van der Waals surface area contributed by atoms with Gasteiger partial charge in [0.1, 0.15) is 0 Å². The second-order valence-electron chi connectivity index (χ2n) is 4.47. The van der Waals surface area contributed by atoms with Gasteiger partial charge < -0.3 is 0 Å². The molecular weight excluding hydrogens is 314 g/mol. The number of anilines is 1. The Morgan fingerprint density at radius 2 is 1.68 bits per heavy atom. The molecule has 0 atom stereocenters. The zero-order valence-corrected chi connectivity index (χ0v) is 13.4. The lowest BCUT2D eigenvalue weighted by atomic mass is 10.0. The van der Waals surface area contributed by atoms with Crippen LogP contribution in [0.5, 0.6) is 0 Å². The van der Waals surface area contributed by atoms with Crippen molar-refractivity contribution in [3.8, 4) is 11.1 Å². The molecule has 0 saturated carbocycles. The number of amides is 1. The summed E-state index contributed by atoms with van der Waals surface area (Å²) in [5.41, 5.74) is 2.81. The van der Waals surface area contributed by atoms with Crippen molar-refractivity contribution in [3.63, 3.8) is 0 Å². The van der Waals surface area contributed by atoms with Gasteiger partial charge in [0.05, 0.1) is 0 Å². The maximum atomic E-state index is 12.2. The Hall–Kier alpha value is -2.18. The standard InChI is InChI=1S/C16H13N3OS2/c1-21-16-19-18-15(22-16)17-14(20)13-9-7-12(8-10-13)11-5-3-2-4-6-11/h2-10H,1H3,(H,17,18,20). The summed E-state index contributed by atoms with van der Waals surface area (Å²) in [6, 6.07) is 17.6. The van der Waals surface area contributed by atoms with Gasteiger partial charge in [-0.2, -0.15) is 0 Å². The highest BCUT2D eigenvalue weighted by molar-refractivity contribution is 8.00. The maximum Gasteiger partial charge on any atom is 0.257 e. The second kappa shape index (κ2) is 6.72. The Labute approximate surface area is 136 Å². The van der Waals surface area contributed by atoms with Gasteiger partial charge in [-0.25, -0.2) is 0 Å². The third kappa shape index (κ3) is 3.35. The summed E-state index contributed by atoms with van der Waals surface area (Å²) in [4.78, 5) is 12.2. The van der Waals surface area contributed by atoms with Crippen molar-refractivity contribution in [1.29, 1.82) is 0 Å².